The van der Waals surface area contributed by atoms with Crippen molar-refractivity contribution in [2.24, 2.45) is 0 Å². The molecule has 23 nitrogen and oxygen atoms in total. The van der Waals surface area contributed by atoms with Gasteiger partial charge in [0.15, 0.2) is 6.29 Å². The van der Waals surface area contributed by atoms with Crippen LogP contribution in [0.15, 0.2) is 24.3 Å². The number of ether oxygens (including phenoxy) is 6. The van der Waals surface area contributed by atoms with Gasteiger partial charge >= 0.3 is 5.97 Å². The zero-order chi connectivity index (χ0) is 38.7. The molecule has 294 valence electrons. The number of hydrogen-bond acceptors (Lipinski definition) is 20. The molecule has 1 aromatic carbocycles. The molecule has 12 N–H and O–H groups in total. The van der Waals surface area contributed by atoms with Crippen LogP contribution in [0.3, 0.4) is 0 Å². The van der Waals surface area contributed by atoms with Crippen LogP contribution in [0, 0.1) is 10.1 Å². The number of carbonyl (C=O) groups excluding carboxylic acids is 1. The average molecular weight is 755 g/mol. The van der Waals surface area contributed by atoms with Crippen LogP contribution in [0.2, 0.25) is 0 Å². The Morgan fingerprint density at radius 1 is 0.942 bits per heavy atom. The fraction of sp³-hybridized carbons (Fsp3) is 0.724. The summed E-state index contributed by atoms with van der Waals surface area (Å²) in [5.74, 6) is -5.86. The summed E-state index contributed by atoms with van der Waals surface area (Å²) in [4.78, 5) is 34.8. The molecule has 3 aliphatic heterocycles. The standard InChI is InChI=1S/C29H42N2O21/c1-10(35)30-17-13(36)6-29(28(43)44,51-24(17)18(38)14(37)7-32)52-25-19(39)15(8-33)48-27(22(25)42)50-23-16(9-34)49-26(21(41)20(23)40)47-12-4-2-11(3-5-12)31(45)46/h2-5,13-27,32-34,36-42H,6-9H2,1H3,(H,30,35)(H,43,44)/t13-,14-,15+,16+,17-,18-,19+,20-,21+,22+,23-,24-,25+,26-,27+,29+/m0/s1. The number of nitrogens with zero attached hydrogens (tertiary/aromatic N) is 1. The zero-order valence-corrected chi connectivity index (χ0v) is 27.2. The highest BCUT2D eigenvalue weighted by Gasteiger charge is 2.60. The molecule has 3 fully saturated rings. The number of carbonyl (C=O) groups is 2. The minimum atomic E-state index is -3.07. The highest BCUT2D eigenvalue weighted by Crippen LogP contribution is 2.38. The van der Waals surface area contributed by atoms with Crippen molar-refractivity contribution in [3.8, 4) is 5.75 Å². The molecule has 0 unspecified atom stereocenters. The Bertz CT molecular complexity index is 1370. The number of nitro benzene ring substituents is 1. The predicted molar refractivity (Wildman–Crippen MR) is 162 cm³/mol. The smallest absolute Gasteiger partial charge is 0.364 e. The largest absolute Gasteiger partial charge is 0.477 e. The first-order chi connectivity index (χ1) is 24.5. The molecule has 0 aliphatic carbocycles. The molecular formula is C29H42N2O21. The van der Waals surface area contributed by atoms with Gasteiger partial charge in [0.1, 0.15) is 72.9 Å². The predicted octanol–water partition coefficient (Wildman–Crippen LogP) is -6.23. The first kappa shape index (κ1) is 41.5. The second-order valence-electron chi connectivity index (χ2n) is 12.3. The monoisotopic (exact) mass is 754 g/mol. The van der Waals surface area contributed by atoms with Crippen molar-refractivity contribution in [3.63, 3.8) is 0 Å². The van der Waals surface area contributed by atoms with Crippen molar-refractivity contribution >= 4 is 17.6 Å². The molecule has 0 spiro atoms. The van der Waals surface area contributed by atoms with E-state index in [2.05, 4.69) is 5.32 Å². The number of nitrogens with one attached hydrogen (secondary N) is 1. The third-order valence-electron chi connectivity index (χ3n) is 8.75. The SMILES string of the molecule is CC(=O)N[C@@H]1[C@@H]([C@@H](O)[C@@H](O)CO)O[C@](O[C@H]2[C@@H](O)[C@@H](O[C@@H]3[C@@H](O)[C@@H](O)[C@@H](Oc4ccc([N+](=O)[O-])cc4)O[C@@H]3CO)O[C@H](CO)[C@H]2O)(C(=O)O)C[C@@H]1O. The first-order valence-corrected chi connectivity index (χ1v) is 15.8. The number of aliphatic carboxylic acids is 1. The molecule has 0 saturated carbocycles. The molecule has 16 atom stereocenters. The molecule has 0 bridgehead atoms. The lowest BCUT2D eigenvalue weighted by molar-refractivity contribution is -0.385. The summed E-state index contributed by atoms with van der Waals surface area (Å²) in [6, 6.07) is 2.98. The quantitative estimate of drug-likeness (QED) is 0.0621. The third kappa shape index (κ3) is 8.75. The van der Waals surface area contributed by atoms with Gasteiger partial charge in [0, 0.05) is 25.5 Å². The summed E-state index contributed by atoms with van der Waals surface area (Å²) in [5.41, 5.74) is -0.272. The van der Waals surface area contributed by atoms with Crippen LogP contribution in [0.1, 0.15) is 13.3 Å². The summed E-state index contributed by atoms with van der Waals surface area (Å²) < 4.78 is 33.3. The van der Waals surface area contributed by atoms with E-state index in [4.69, 9.17) is 28.4 Å². The van der Waals surface area contributed by atoms with Crippen molar-refractivity contribution in [1.82, 2.24) is 5.32 Å². The van der Waals surface area contributed by atoms with E-state index in [0.29, 0.717) is 0 Å². The van der Waals surface area contributed by atoms with Gasteiger partial charge in [0.25, 0.3) is 11.5 Å². The summed E-state index contributed by atoms with van der Waals surface area (Å²) in [6.45, 7) is -1.95. The number of carboxylic acid groups (broad SMARTS) is 1. The van der Waals surface area contributed by atoms with Gasteiger partial charge in [0.05, 0.1) is 36.9 Å². The van der Waals surface area contributed by atoms with Crippen molar-refractivity contribution in [1.29, 1.82) is 0 Å². The van der Waals surface area contributed by atoms with Gasteiger partial charge in [-0.3, -0.25) is 14.9 Å². The second kappa shape index (κ2) is 17.3. The molecule has 23 heteroatoms. The van der Waals surface area contributed by atoms with E-state index < -0.39 is 141 Å². The van der Waals surface area contributed by atoms with Gasteiger partial charge in [-0.05, 0) is 12.1 Å². The maximum absolute atomic E-state index is 12.7. The summed E-state index contributed by atoms with van der Waals surface area (Å²) in [7, 11) is 0. The highest BCUT2D eigenvalue weighted by molar-refractivity contribution is 5.76. The molecule has 0 aromatic heterocycles. The van der Waals surface area contributed by atoms with Gasteiger partial charge in [-0.2, -0.15) is 0 Å². The van der Waals surface area contributed by atoms with E-state index >= 15 is 0 Å². The van der Waals surface area contributed by atoms with Gasteiger partial charge < -0.3 is 89.9 Å². The number of aliphatic hydroxyl groups excluding tert-OH is 10. The average Bonchev–Trinajstić information content (AvgIpc) is 3.11. The number of rotatable bonds is 14. The van der Waals surface area contributed by atoms with E-state index in [9.17, 15) is 75.9 Å². The molecule has 3 heterocycles. The molecule has 3 saturated heterocycles. The van der Waals surface area contributed by atoms with Crippen LogP contribution in [0.4, 0.5) is 5.69 Å². The Morgan fingerprint density at radius 2 is 1.56 bits per heavy atom. The van der Waals surface area contributed by atoms with Crippen LogP contribution in [0.5, 0.6) is 5.75 Å². The van der Waals surface area contributed by atoms with Gasteiger partial charge in [-0.1, -0.05) is 0 Å². The molecule has 4 rings (SSSR count). The minimum Gasteiger partial charge on any atom is -0.477 e. The van der Waals surface area contributed by atoms with Crippen LogP contribution in [-0.2, 0) is 33.3 Å². The Morgan fingerprint density at radius 3 is 2.10 bits per heavy atom. The molecule has 0 radical (unpaired) electrons. The molecule has 52 heavy (non-hydrogen) atoms. The topological polar surface area (TPSA) is 367 Å². The van der Waals surface area contributed by atoms with E-state index in [1.807, 2.05) is 0 Å². The number of nitro groups is 1. The summed E-state index contributed by atoms with van der Waals surface area (Å²) >= 11 is 0. The number of carboxylic acids is 1. The molecule has 1 amide bonds. The van der Waals surface area contributed by atoms with Gasteiger partial charge in [0.2, 0.25) is 12.2 Å². The normalized spacial score (nSPS) is 39.2. The number of amides is 1. The van der Waals surface area contributed by atoms with Gasteiger partial charge in [-0.25, -0.2) is 4.79 Å². The fourth-order valence-electron chi connectivity index (χ4n) is 6.03. The maximum Gasteiger partial charge on any atom is 0.364 e. The Balaban J connectivity index is 1.57. The van der Waals surface area contributed by atoms with Crippen molar-refractivity contribution in [2.45, 2.75) is 111 Å². The number of benzene rings is 1. The van der Waals surface area contributed by atoms with Crippen molar-refractivity contribution < 1.29 is 99.1 Å². The molecule has 1 aromatic rings. The third-order valence-corrected chi connectivity index (χ3v) is 8.75. The van der Waals surface area contributed by atoms with Crippen LogP contribution < -0.4 is 10.1 Å². The van der Waals surface area contributed by atoms with E-state index in [0.717, 1.165) is 19.1 Å². The summed E-state index contributed by atoms with van der Waals surface area (Å²) in [6.07, 6.45) is -28.1. The van der Waals surface area contributed by atoms with E-state index in [1.165, 1.54) is 12.1 Å². The molecule has 3 aliphatic rings. The lowest BCUT2D eigenvalue weighted by atomic mass is 9.88. The first-order valence-electron chi connectivity index (χ1n) is 15.8. The number of hydrogen-bond donors (Lipinski definition) is 12. The fourth-order valence-corrected chi connectivity index (χ4v) is 6.03. The van der Waals surface area contributed by atoms with Crippen LogP contribution >= 0.6 is 0 Å². The summed E-state index contributed by atoms with van der Waals surface area (Å²) in [5, 5.41) is 129. The van der Waals surface area contributed by atoms with Crippen molar-refractivity contribution in [3.05, 3.63) is 34.4 Å². The number of aliphatic hydroxyl groups is 10. The molecular weight excluding hydrogens is 712 g/mol. The minimum absolute atomic E-state index is 0.0323. The van der Waals surface area contributed by atoms with Crippen LogP contribution in [0.25, 0.3) is 0 Å². The Hall–Kier alpha value is -3.24. The van der Waals surface area contributed by atoms with E-state index in [1.54, 1.807) is 0 Å². The van der Waals surface area contributed by atoms with Crippen LogP contribution in [-0.4, -0.2) is 190 Å². The van der Waals surface area contributed by atoms with E-state index in [-0.39, 0.29) is 11.4 Å². The number of non-ortho nitro benzene ring substituents is 1. The highest BCUT2D eigenvalue weighted by atomic mass is 16.8. The zero-order valence-electron chi connectivity index (χ0n) is 27.2. The van der Waals surface area contributed by atoms with Crippen molar-refractivity contribution in [2.75, 3.05) is 19.8 Å². The lowest BCUT2D eigenvalue weighted by Crippen LogP contribution is -2.71. The van der Waals surface area contributed by atoms with Gasteiger partial charge in [-0.15, -0.1) is 0 Å². The maximum atomic E-state index is 12.7. The second-order valence-corrected chi connectivity index (χ2v) is 12.3. The Kier molecular flexibility index (Phi) is 13.8. The lowest BCUT2D eigenvalue weighted by Gasteiger charge is -2.50. The Labute approximate surface area is 293 Å².